The van der Waals surface area contributed by atoms with Gasteiger partial charge in [0.2, 0.25) is 0 Å². The number of nitrogens with zero attached hydrogens (tertiary/aromatic N) is 1. The molecule has 0 saturated heterocycles. The monoisotopic (exact) mass is 262 g/mol. The van der Waals surface area contributed by atoms with E-state index in [9.17, 15) is 0 Å². The molecule has 0 heterocycles. The Morgan fingerprint density at radius 1 is 1.21 bits per heavy atom. The molecule has 1 aromatic carbocycles. The summed E-state index contributed by atoms with van der Waals surface area (Å²) in [6, 6.07) is 8.87. The zero-order valence-electron chi connectivity index (χ0n) is 13.3. The highest BCUT2D eigenvalue weighted by Gasteiger charge is 2.24. The summed E-state index contributed by atoms with van der Waals surface area (Å²) in [5.41, 5.74) is 3.09. The second kappa shape index (κ2) is 7.66. The van der Waals surface area contributed by atoms with E-state index in [1.54, 1.807) is 0 Å². The zero-order chi connectivity index (χ0) is 14.3. The minimum atomic E-state index is 0.364. The third-order valence-electron chi connectivity index (χ3n) is 3.68. The van der Waals surface area contributed by atoms with Gasteiger partial charge in [-0.25, -0.2) is 0 Å². The third-order valence-corrected chi connectivity index (χ3v) is 3.68. The summed E-state index contributed by atoms with van der Waals surface area (Å²) < 4.78 is 0. The molecular weight excluding hydrogens is 232 g/mol. The van der Waals surface area contributed by atoms with E-state index in [0.717, 1.165) is 19.6 Å². The Morgan fingerprint density at radius 2 is 1.84 bits per heavy atom. The van der Waals surface area contributed by atoms with Crippen LogP contribution >= 0.6 is 0 Å². The van der Waals surface area contributed by atoms with Crippen molar-refractivity contribution in [1.82, 2.24) is 10.2 Å². The van der Waals surface area contributed by atoms with Crippen LogP contribution in [0.4, 0.5) is 0 Å². The molecule has 1 unspecified atom stereocenters. The SMILES string of the molecule is CCCC(C)(CNC)CN(C)Cc1ccc(C)cc1. The number of benzene rings is 1. The minimum absolute atomic E-state index is 0.364. The maximum absolute atomic E-state index is 3.34. The average molecular weight is 262 g/mol. The molecule has 0 aromatic heterocycles. The molecule has 1 atom stereocenters. The lowest BCUT2D eigenvalue weighted by atomic mass is 9.85. The van der Waals surface area contributed by atoms with E-state index < -0.39 is 0 Å². The van der Waals surface area contributed by atoms with Gasteiger partial charge in [-0.3, -0.25) is 0 Å². The number of nitrogens with one attached hydrogen (secondary N) is 1. The highest BCUT2D eigenvalue weighted by molar-refractivity contribution is 5.21. The summed E-state index contributed by atoms with van der Waals surface area (Å²) in [6.07, 6.45) is 2.52. The van der Waals surface area contributed by atoms with Crippen molar-refractivity contribution >= 4 is 0 Å². The van der Waals surface area contributed by atoms with Gasteiger partial charge in [0.15, 0.2) is 0 Å². The fraction of sp³-hybridized carbons (Fsp3) is 0.647. The van der Waals surface area contributed by atoms with Crippen molar-refractivity contribution in [3.05, 3.63) is 35.4 Å². The Balaban J connectivity index is 2.56. The molecule has 0 aliphatic rings. The van der Waals surface area contributed by atoms with Crippen LogP contribution in [0.5, 0.6) is 0 Å². The van der Waals surface area contributed by atoms with Crippen LogP contribution in [0.25, 0.3) is 0 Å². The molecule has 0 spiro atoms. The van der Waals surface area contributed by atoms with Crippen LogP contribution in [-0.4, -0.2) is 32.1 Å². The van der Waals surface area contributed by atoms with Crippen LogP contribution in [0.1, 0.15) is 37.8 Å². The number of aryl methyl sites for hydroxylation is 1. The van der Waals surface area contributed by atoms with Crippen molar-refractivity contribution in [2.75, 3.05) is 27.2 Å². The van der Waals surface area contributed by atoms with Gasteiger partial charge < -0.3 is 10.2 Å². The van der Waals surface area contributed by atoms with Gasteiger partial charge in [-0.05, 0) is 38.4 Å². The van der Waals surface area contributed by atoms with Crippen LogP contribution in [0, 0.1) is 12.3 Å². The van der Waals surface area contributed by atoms with Crippen molar-refractivity contribution in [3.8, 4) is 0 Å². The second-order valence-corrected chi connectivity index (χ2v) is 6.25. The van der Waals surface area contributed by atoms with Gasteiger partial charge in [0.05, 0.1) is 0 Å². The number of rotatable bonds is 8. The van der Waals surface area contributed by atoms with Crippen molar-refractivity contribution in [2.45, 2.75) is 40.2 Å². The summed E-state index contributed by atoms with van der Waals surface area (Å²) >= 11 is 0. The summed E-state index contributed by atoms with van der Waals surface area (Å²) in [5, 5.41) is 3.34. The topological polar surface area (TPSA) is 15.3 Å². The largest absolute Gasteiger partial charge is 0.319 e. The lowest BCUT2D eigenvalue weighted by molar-refractivity contribution is 0.171. The molecule has 2 heteroatoms. The van der Waals surface area contributed by atoms with E-state index in [-0.39, 0.29) is 0 Å². The fourth-order valence-corrected chi connectivity index (χ4v) is 2.97. The molecule has 0 aliphatic carbocycles. The van der Waals surface area contributed by atoms with E-state index >= 15 is 0 Å². The molecular formula is C17H30N2. The number of hydrogen-bond acceptors (Lipinski definition) is 2. The summed E-state index contributed by atoms with van der Waals surface area (Å²) in [6.45, 7) is 10.0. The average Bonchev–Trinajstić information content (AvgIpc) is 2.32. The molecule has 0 bridgehead atoms. The predicted molar refractivity (Wildman–Crippen MR) is 84.5 cm³/mol. The van der Waals surface area contributed by atoms with Crippen LogP contribution < -0.4 is 5.32 Å². The highest BCUT2D eigenvalue weighted by Crippen LogP contribution is 2.24. The Labute approximate surface area is 119 Å². The van der Waals surface area contributed by atoms with Gasteiger partial charge in [-0.1, -0.05) is 50.1 Å². The first-order valence-electron chi connectivity index (χ1n) is 7.38. The van der Waals surface area contributed by atoms with Crippen molar-refractivity contribution < 1.29 is 0 Å². The van der Waals surface area contributed by atoms with E-state index in [1.807, 2.05) is 7.05 Å². The van der Waals surface area contributed by atoms with Gasteiger partial charge in [-0.15, -0.1) is 0 Å². The summed E-state index contributed by atoms with van der Waals surface area (Å²) in [5.74, 6) is 0. The number of hydrogen-bond donors (Lipinski definition) is 1. The molecule has 1 N–H and O–H groups in total. The summed E-state index contributed by atoms with van der Waals surface area (Å²) in [4.78, 5) is 2.44. The molecule has 2 nitrogen and oxygen atoms in total. The van der Waals surface area contributed by atoms with E-state index in [4.69, 9.17) is 0 Å². The first-order chi connectivity index (χ1) is 8.99. The highest BCUT2D eigenvalue weighted by atomic mass is 15.1. The van der Waals surface area contributed by atoms with E-state index in [2.05, 4.69) is 62.3 Å². The molecule has 1 rings (SSSR count). The van der Waals surface area contributed by atoms with Gasteiger partial charge >= 0.3 is 0 Å². The normalized spacial score (nSPS) is 14.6. The fourth-order valence-electron chi connectivity index (χ4n) is 2.97. The predicted octanol–water partition coefficient (Wildman–Crippen LogP) is 3.45. The van der Waals surface area contributed by atoms with E-state index in [0.29, 0.717) is 5.41 Å². The lowest BCUT2D eigenvalue weighted by Crippen LogP contribution is -2.39. The Morgan fingerprint density at radius 3 is 2.37 bits per heavy atom. The molecule has 0 fully saturated rings. The molecule has 19 heavy (non-hydrogen) atoms. The van der Waals surface area contributed by atoms with Crippen LogP contribution in [-0.2, 0) is 6.54 Å². The molecule has 0 radical (unpaired) electrons. The summed E-state index contributed by atoms with van der Waals surface area (Å²) in [7, 11) is 4.28. The first-order valence-corrected chi connectivity index (χ1v) is 7.38. The Kier molecular flexibility index (Phi) is 6.53. The standard InChI is InChI=1S/C17H30N2/c1-6-11-17(3,13-18-4)14-19(5)12-16-9-7-15(2)8-10-16/h7-10,18H,6,11-14H2,1-5H3. The maximum Gasteiger partial charge on any atom is 0.0230 e. The zero-order valence-corrected chi connectivity index (χ0v) is 13.3. The second-order valence-electron chi connectivity index (χ2n) is 6.25. The van der Waals surface area contributed by atoms with Gasteiger partial charge in [0, 0.05) is 19.6 Å². The van der Waals surface area contributed by atoms with E-state index in [1.165, 1.54) is 24.0 Å². The first kappa shape index (κ1) is 16.2. The quantitative estimate of drug-likeness (QED) is 0.772. The maximum atomic E-state index is 3.34. The molecule has 0 amide bonds. The van der Waals surface area contributed by atoms with Crippen molar-refractivity contribution in [2.24, 2.45) is 5.41 Å². The van der Waals surface area contributed by atoms with Crippen LogP contribution in [0.3, 0.4) is 0 Å². The van der Waals surface area contributed by atoms with Crippen molar-refractivity contribution in [1.29, 1.82) is 0 Å². The van der Waals surface area contributed by atoms with Crippen molar-refractivity contribution in [3.63, 3.8) is 0 Å². The van der Waals surface area contributed by atoms with Gasteiger partial charge in [0.25, 0.3) is 0 Å². The molecule has 1 aromatic rings. The minimum Gasteiger partial charge on any atom is -0.319 e. The Bertz CT molecular complexity index is 350. The van der Waals surface area contributed by atoms with Crippen LogP contribution in [0.15, 0.2) is 24.3 Å². The molecule has 108 valence electrons. The lowest BCUT2D eigenvalue weighted by Gasteiger charge is -2.33. The van der Waals surface area contributed by atoms with Gasteiger partial charge in [0.1, 0.15) is 0 Å². The van der Waals surface area contributed by atoms with Gasteiger partial charge in [-0.2, -0.15) is 0 Å². The Hall–Kier alpha value is -0.860. The van der Waals surface area contributed by atoms with Crippen LogP contribution in [0.2, 0.25) is 0 Å². The molecule has 0 saturated carbocycles. The molecule has 0 aliphatic heterocycles. The smallest absolute Gasteiger partial charge is 0.0230 e. The third kappa shape index (κ3) is 5.75.